The largest absolute Gasteiger partial charge is 0.345 e. The normalized spacial score (nSPS) is 18.3. The molecule has 6 heteroatoms. The van der Waals surface area contributed by atoms with Crippen LogP contribution in [0.4, 0.5) is 8.78 Å². The molecule has 1 rings (SSSR count). The maximum atomic E-state index is 14.3. The maximum Gasteiger partial charge on any atom is 0.279 e. The SMILES string of the molecule is CCCCCCCCCC=C(F)C(=O)NC1CCCC1NC(=O)C(F)=CCCCCCCCCCCC. The molecule has 1 aliphatic rings. The smallest absolute Gasteiger partial charge is 0.279 e. The number of amides is 2. The summed E-state index contributed by atoms with van der Waals surface area (Å²) in [4.78, 5) is 24.6. The van der Waals surface area contributed by atoms with Gasteiger partial charge in [-0.1, -0.05) is 104 Å². The number of allylic oxidation sites excluding steroid dienone is 2. The number of carbonyl (C=O) groups is 2. The van der Waals surface area contributed by atoms with Crippen LogP contribution in [0.2, 0.25) is 0 Å². The summed E-state index contributed by atoms with van der Waals surface area (Å²) in [7, 11) is 0. The fourth-order valence-corrected chi connectivity index (χ4v) is 4.98. The van der Waals surface area contributed by atoms with E-state index in [9.17, 15) is 18.4 Å². The van der Waals surface area contributed by atoms with Crippen LogP contribution in [-0.4, -0.2) is 23.9 Å². The average Bonchev–Trinajstić information content (AvgIpc) is 3.32. The zero-order valence-corrected chi connectivity index (χ0v) is 23.7. The van der Waals surface area contributed by atoms with Crippen LogP contribution >= 0.6 is 0 Å². The van der Waals surface area contributed by atoms with E-state index in [2.05, 4.69) is 24.5 Å². The van der Waals surface area contributed by atoms with Crippen molar-refractivity contribution in [3.63, 3.8) is 0 Å². The van der Waals surface area contributed by atoms with Crippen molar-refractivity contribution >= 4 is 11.8 Å². The highest BCUT2D eigenvalue weighted by Crippen LogP contribution is 2.21. The van der Waals surface area contributed by atoms with Crippen LogP contribution in [0.1, 0.15) is 149 Å². The van der Waals surface area contributed by atoms with Crippen LogP contribution in [0.5, 0.6) is 0 Å². The summed E-state index contributed by atoms with van der Waals surface area (Å²) in [6, 6.07) is -0.751. The number of carbonyl (C=O) groups excluding carboxylic acids is 2. The lowest BCUT2D eigenvalue weighted by molar-refractivity contribution is -0.122. The lowest BCUT2D eigenvalue weighted by Gasteiger charge is -2.21. The highest BCUT2D eigenvalue weighted by molar-refractivity contribution is 5.92. The van der Waals surface area contributed by atoms with Gasteiger partial charge in [-0.15, -0.1) is 0 Å². The van der Waals surface area contributed by atoms with Crippen molar-refractivity contribution in [2.24, 2.45) is 0 Å². The molecule has 0 aromatic rings. The lowest BCUT2D eigenvalue weighted by Crippen LogP contribution is -2.48. The van der Waals surface area contributed by atoms with Gasteiger partial charge in [0.2, 0.25) is 0 Å². The number of hydrogen-bond acceptors (Lipinski definition) is 2. The number of halogens is 2. The number of hydrogen-bond donors (Lipinski definition) is 2. The Morgan fingerprint density at radius 3 is 1.27 bits per heavy atom. The molecule has 0 aromatic carbocycles. The fraction of sp³-hybridized carbons (Fsp3) is 0.806. The van der Waals surface area contributed by atoms with E-state index in [1.54, 1.807) is 0 Å². The van der Waals surface area contributed by atoms with Gasteiger partial charge in [0.1, 0.15) is 0 Å². The van der Waals surface area contributed by atoms with E-state index in [1.165, 1.54) is 76.4 Å². The first-order valence-corrected chi connectivity index (χ1v) is 15.3. The molecule has 0 saturated heterocycles. The predicted octanol–water partition coefficient (Wildman–Crippen LogP) is 8.91. The molecule has 0 heterocycles. The van der Waals surface area contributed by atoms with Crippen molar-refractivity contribution < 1.29 is 18.4 Å². The van der Waals surface area contributed by atoms with Crippen molar-refractivity contribution in [3.8, 4) is 0 Å². The zero-order chi connectivity index (χ0) is 27.1. The third kappa shape index (κ3) is 16.7. The van der Waals surface area contributed by atoms with Crippen molar-refractivity contribution in [3.05, 3.63) is 23.8 Å². The van der Waals surface area contributed by atoms with Gasteiger partial charge in [0.25, 0.3) is 11.8 Å². The Hall–Kier alpha value is -1.72. The molecule has 4 nitrogen and oxygen atoms in total. The molecule has 214 valence electrons. The van der Waals surface area contributed by atoms with Crippen molar-refractivity contribution in [1.29, 1.82) is 0 Å². The Bertz CT molecular complexity index is 678. The second-order valence-corrected chi connectivity index (χ2v) is 10.7. The molecule has 0 radical (unpaired) electrons. The summed E-state index contributed by atoms with van der Waals surface area (Å²) in [6.07, 6.45) is 24.7. The Morgan fingerprint density at radius 2 is 0.919 bits per heavy atom. The van der Waals surface area contributed by atoms with Crippen LogP contribution in [0.15, 0.2) is 23.8 Å². The Balaban J connectivity index is 2.26. The summed E-state index contributed by atoms with van der Waals surface area (Å²) in [6.45, 7) is 4.41. The first kappa shape index (κ1) is 33.3. The van der Waals surface area contributed by atoms with E-state index >= 15 is 0 Å². The summed E-state index contributed by atoms with van der Waals surface area (Å²) in [5, 5.41) is 5.40. The Morgan fingerprint density at radius 1 is 0.595 bits per heavy atom. The van der Waals surface area contributed by atoms with Crippen LogP contribution in [0.3, 0.4) is 0 Å². The van der Waals surface area contributed by atoms with E-state index in [0.29, 0.717) is 25.7 Å². The van der Waals surface area contributed by atoms with Crippen LogP contribution in [0, 0.1) is 0 Å². The predicted molar refractivity (Wildman–Crippen MR) is 151 cm³/mol. The Labute approximate surface area is 225 Å². The van der Waals surface area contributed by atoms with Gasteiger partial charge in [-0.05, 0) is 57.1 Å². The molecule has 1 aliphatic carbocycles. The van der Waals surface area contributed by atoms with Gasteiger partial charge in [0.15, 0.2) is 11.7 Å². The minimum absolute atomic E-state index is 0.376. The molecule has 0 aliphatic heterocycles. The molecule has 0 spiro atoms. The molecule has 2 amide bonds. The molecule has 2 N–H and O–H groups in total. The number of rotatable bonds is 22. The van der Waals surface area contributed by atoms with Crippen molar-refractivity contribution in [1.82, 2.24) is 10.6 Å². The van der Waals surface area contributed by atoms with Gasteiger partial charge < -0.3 is 10.6 Å². The highest BCUT2D eigenvalue weighted by atomic mass is 19.1. The fourth-order valence-electron chi connectivity index (χ4n) is 4.98. The summed E-state index contributed by atoms with van der Waals surface area (Å²) < 4.78 is 28.6. The van der Waals surface area contributed by atoms with E-state index < -0.39 is 23.5 Å². The maximum absolute atomic E-state index is 14.3. The third-order valence-corrected chi connectivity index (χ3v) is 7.35. The van der Waals surface area contributed by atoms with Gasteiger partial charge in [0, 0.05) is 12.1 Å². The molecule has 0 aromatic heterocycles. The van der Waals surface area contributed by atoms with Gasteiger partial charge in [0.05, 0.1) is 0 Å². The van der Waals surface area contributed by atoms with Crippen LogP contribution in [0.25, 0.3) is 0 Å². The summed E-state index contributed by atoms with van der Waals surface area (Å²) in [5.41, 5.74) is 0. The molecule has 37 heavy (non-hydrogen) atoms. The van der Waals surface area contributed by atoms with Crippen LogP contribution < -0.4 is 10.6 Å². The highest BCUT2D eigenvalue weighted by Gasteiger charge is 2.31. The van der Waals surface area contributed by atoms with Crippen LogP contribution in [-0.2, 0) is 9.59 Å². The minimum Gasteiger partial charge on any atom is -0.345 e. The monoisotopic (exact) mass is 524 g/mol. The van der Waals surface area contributed by atoms with E-state index in [0.717, 1.165) is 44.9 Å². The minimum atomic E-state index is -0.769. The molecular formula is C31H54F2N2O2. The van der Waals surface area contributed by atoms with E-state index in [1.807, 2.05) is 0 Å². The number of nitrogens with one attached hydrogen (secondary N) is 2. The van der Waals surface area contributed by atoms with Gasteiger partial charge >= 0.3 is 0 Å². The molecule has 2 unspecified atom stereocenters. The van der Waals surface area contributed by atoms with Gasteiger partial charge in [-0.3, -0.25) is 9.59 Å². The quantitative estimate of drug-likeness (QED) is 0.110. The second-order valence-electron chi connectivity index (χ2n) is 10.7. The summed E-state index contributed by atoms with van der Waals surface area (Å²) >= 11 is 0. The third-order valence-electron chi connectivity index (χ3n) is 7.35. The molecular weight excluding hydrogens is 470 g/mol. The van der Waals surface area contributed by atoms with Gasteiger partial charge in [-0.25, -0.2) is 8.78 Å². The molecule has 2 atom stereocenters. The summed E-state index contributed by atoms with van der Waals surface area (Å²) in [5.74, 6) is -3.01. The average molecular weight is 525 g/mol. The molecule has 1 saturated carbocycles. The topological polar surface area (TPSA) is 58.2 Å². The molecule has 0 bridgehead atoms. The second kappa shape index (κ2) is 22.3. The Kier molecular flexibility index (Phi) is 20.1. The standard InChI is InChI=1S/C31H54F2N2O2/c1-3-5-7-9-11-13-14-16-18-20-23-27(33)31(37)35-29-25-21-24-28(29)34-30(36)26(32)22-19-17-15-12-10-8-6-4-2/h22-23,28-29H,3-21,24-25H2,1-2H3,(H,34,36)(H,35,37). The first-order chi connectivity index (χ1) is 18.0. The zero-order valence-electron chi connectivity index (χ0n) is 23.7. The lowest BCUT2D eigenvalue weighted by atomic mass is 10.1. The molecule has 1 fully saturated rings. The van der Waals surface area contributed by atoms with Gasteiger partial charge in [-0.2, -0.15) is 0 Å². The van der Waals surface area contributed by atoms with Crippen molar-refractivity contribution in [2.45, 2.75) is 161 Å². The van der Waals surface area contributed by atoms with E-state index in [4.69, 9.17) is 0 Å². The van der Waals surface area contributed by atoms with E-state index in [-0.39, 0.29) is 12.1 Å². The number of unbranched alkanes of at least 4 members (excludes halogenated alkanes) is 16. The first-order valence-electron chi connectivity index (χ1n) is 15.3. The van der Waals surface area contributed by atoms with Crippen molar-refractivity contribution in [2.75, 3.05) is 0 Å².